The Kier molecular flexibility index (Phi) is 7.07. The number of sulfonamides is 1. The van der Waals surface area contributed by atoms with E-state index in [4.69, 9.17) is 16.3 Å². The Morgan fingerprint density at radius 2 is 1.70 bits per heavy atom. The molecule has 0 N–H and O–H groups in total. The van der Waals surface area contributed by atoms with Crippen LogP contribution in [0.2, 0.25) is 5.02 Å². The molecule has 7 nitrogen and oxygen atoms in total. The Morgan fingerprint density at radius 1 is 1.00 bits per heavy atom. The fourth-order valence-corrected chi connectivity index (χ4v) is 6.03. The quantitative estimate of drug-likeness (QED) is 0.597. The molecule has 1 atom stereocenters. The largest absolute Gasteiger partial charge is 0.449 e. The molecule has 9 heteroatoms. The standard InChI is InChI=1S/C24H27ClN2O5S/c1-17(23(28)26-14-11-18-7-3-4-8-19(18)16-26)32-24(29)21-15-20(9-10-22(21)25)33(30,31)27-12-5-2-6-13-27/h3-4,7-10,15,17H,2,5-6,11-14,16H2,1H3. The van der Waals surface area contributed by atoms with Crippen LogP contribution in [0.25, 0.3) is 0 Å². The Morgan fingerprint density at radius 3 is 2.42 bits per heavy atom. The van der Waals surface area contributed by atoms with Crippen LogP contribution in [0.1, 0.15) is 47.7 Å². The summed E-state index contributed by atoms with van der Waals surface area (Å²) in [5, 5.41) is 0.0733. The molecule has 0 spiro atoms. The normalized spacial score (nSPS) is 17.8. The molecule has 4 rings (SSSR count). The molecule has 2 aliphatic rings. The van der Waals surface area contributed by atoms with E-state index in [2.05, 4.69) is 0 Å². The van der Waals surface area contributed by atoms with Gasteiger partial charge in [0.05, 0.1) is 15.5 Å². The minimum atomic E-state index is -3.73. The monoisotopic (exact) mass is 490 g/mol. The molecule has 0 saturated carbocycles. The Hall–Kier alpha value is -2.42. The average molecular weight is 491 g/mol. The van der Waals surface area contributed by atoms with Crippen molar-refractivity contribution in [2.75, 3.05) is 19.6 Å². The number of nitrogens with zero attached hydrogens (tertiary/aromatic N) is 2. The predicted octanol–water partition coefficient (Wildman–Crippen LogP) is 3.64. The van der Waals surface area contributed by atoms with Crippen molar-refractivity contribution in [3.8, 4) is 0 Å². The van der Waals surface area contributed by atoms with E-state index in [1.807, 2.05) is 24.3 Å². The van der Waals surface area contributed by atoms with Crippen molar-refractivity contribution in [3.63, 3.8) is 0 Å². The molecule has 1 unspecified atom stereocenters. The summed E-state index contributed by atoms with van der Waals surface area (Å²) in [6.45, 7) is 3.43. The maximum Gasteiger partial charge on any atom is 0.340 e. The summed E-state index contributed by atoms with van der Waals surface area (Å²) in [5.74, 6) is -1.12. The van der Waals surface area contributed by atoms with Crippen molar-refractivity contribution >= 4 is 33.5 Å². The van der Waals surface area contributed by atoms with Crippen LogP contribution in [0.15, 0.2) is 47.4 Å². The Labute approximate surface area is 199 Å². The molecular weight excluding hydrogens is 464 g/mol. The first-order valence-electron chi connectivity index (χ1n) is 11.1. The lowest BCUT2D eigenvalue weighted by Crippen LogP contribution is -2.42. The highest BCUT2D eigenvalue weighted by atomic mass is 35.5. The van der Waals surface area contributed by atoms with E-state index in [9.17, 15) is 18.0 Å². The van der Waals surface area contributed by atoms with Gasteiger partial charge < -0.3 is 9.64 Å². The summed E-state index contributed by atoms with van der Waals surface area (Å²) in [6, 6.07) is 12.0. The van der Waals surface area contributed by atoms with Crippen molar-refractivity contribution < 1.29 is 22.7 Å². The van der Waals surface area contributed by atoms with Gasteiger partial charge in [0.25, 0.3) is 5.91 Å². The number of hydrogen-bond donors (Lipinski definition) is 0. The second-order valence-corrected chi connectivity index (χ2v) is 10.8. The van der Waals surface area contributed by atoms with Gasteiger partial charge in [0.1, 0.15) is 0 Å². The first-order valence-corrected chi connectivity index (χ1v) is 13.0. The third-order valence-electron chi connectivity index (χ3n) is 6.18. The SMILES string of the molecule is CC(OC(=O)c1cc(S(=O)(=O)N2CCCCC2)ccc1Cl)C(=O)N1CCc2ccccc2C1. The molecule has 1 saturated heterocycles. The molecule has 2 aromatic rings. The van der Waals surface area contributed by atoms with Crippen LogP contribution >= 0.6 is 11.6 Å². The summed E-state index contributed by atoms with van der Waals surface area (Å²) in [4.78, 5) is 27.4. The lowest BCUT2D eigenvalue weighted by Gasteiger charge is -2.30. The number of fused-ring (bicyclic) bond motifs is 1. The van der Waals surface area contributed by atoms with Crippen LogP contribution in [-0.4, -0.2) is 55.2 Å². The first-order chi connectivity index (χ1) is 15.8. The molecule has 2 aromatic carbocycles. The van der Waals surface area contributed by atoms with Gasteiger partial charge in [0.2, 0.25) is 10.0 Å². The van der Waals surface area contributed by atoms with Crippen molar-refractivity contribution in [1.29, 1.82) is 0 Å². The van der Waals surface area contributed by atoms with Crippen LogP contribution in [0.4, 0.5) is 0 Å². The molecule has 1 amide bonds. The van der Waals surface area contributed by atoms with E-state index in [1.54, 1.807) is 4.90 Å². The van der Waals surface area contributed by atoms with Gasteiger partial charge in [0, 0.05) is 26.2 Å². The zero-order valence-corrected chi connectivity index (χ0v) is 20.1. The number of rotatable bonds is 5. The first kappa shape index (κ1) is 23.7. The van der Waals surface area contributed by atoms with Gasteiger partial charge in [-0.15, -0.1) is 0 Å². The molecule has 0 bridgehead atoms. The van der Waals surface area contributed by atoms with E-state index in [-0.39, 0.29) is 21.4 Å². The maximum absolute atomic E-state index is 13.0. The molecule has 0 radical (unpaired) electrons. The van der Waals surface area contributed by atoms with Gasteiger partial charge in [-0.25, -0.2) is 13.2 Å². The van der Waals surface area contributed by atoms with Gasteiger partial charge in [-0.3, -0.25) is 4.79 Å². The van der Waals surface area contributed by atoms with Crippen molar-refractivity contribution in [1.82, 2.24) is 9.21 Å². The second-order valence-electron chi connectivity index (χ2n) is 8.43. The molecule has 176 valence electrons. The lowest BCUT2D eigenvalue weighted by atomic mass is 9.99. The summed E-state index contributed by atoms with van der Waals surface area (Å²) in [6.07, 6.45) is 2.33. The van der Waals surface area contributed by atoms with E-state index in [0.717, 1.165) is 31.2 Å². The third kappa shape index (κ3) is 5.08. The Bertz CT molecular complexity index is 1160. The number of carbonyl (C=O) groups is 2. The van der Waals surface area contributed by atoms with E-state index in [0.29, 0.717) is 26.2 Å². The number of halogens is 1. The lowest BCUT2D eigenvalue weighted by molar-refractivity contribution is -0.140. The maximum atomic E-state index is 13.0. The van der Waals surface area contributed by atoms with Crippen LogP contribution in [0.3, 0.4) is 0 Å². The van der Waals surface area contributed by atoms with E-state index >= 15 is 0 Å². The minimum absolute atomic E-state index is 0.00707. The van der Waals surface area contributed by atoms with E-state index < -0.39 is 22.1 Å². The van der Waals surface area contributed by atoms with Crippen LogP contribution in [0, 0.1) is 0 Å². The van der Waals surface area contributed by atoms with Crippen molar-refractivity contribution in [2.24, 2.45) is 0 Å². The zero-order valence-electron chi connectivity index (χ0n) is 18.5. The number of amides is 1. The van der Waals surface area contributed by atoms with Crippen LogP contribution in [0.5, 0.6) is 0 Å². The minimum Gasteiger partial charge on any atom is -0.449 e. The van der Waals surface area contributed by atoms with Crippen LogP contribution in [-0.2, 0) is 32.5 Å². The highest BCUT2D eigenvalue weighted by molar-refractivity contribution is 7.89. The predicted molar refractivity (Wildman–Crippen MR) is 125 cm³/mol. The van der Waals surface area contributed by atoms with Gasteiger partial charge in [-0.1, -0.05) is 42.3 Å². The summed E-state index contributed by atoms with van der Waals surface area (Å²) in [7, 11) is -3.73. The van der Waals surface area contributed by atoms with Crippen molar-refractivity contribution in [2.45, 2.75) is 50.2 Å². The molecule has 0 aliphatic carbocycles. The molecule has 0 aromatic heterocycles. The highest BCUT2D eigenvalue weighted by Gasteiger charge is 2.30. The van der Waals surface area contributed by atoms with Crippen molar-refractivity contribution in [3.05, 3.63) is 64.2 Å². The average Bonchev–Trinajstić information content (AvgIpc) is 2.83. The smallest absolute Gasteiger partial charge is 0.340 e. The Balaban J connectivity index is 1.47. The second kappa shape index (κ2) is 9.83. The number of esters is 1. The highest BCUT2D eigenvalue weighted by Crippen LogP contribution is 2.26. The number of piperidine rings is 1. The van der Waals surface area contributed by atoms with Crippen LogP contribution < -0.4 is 0 Å². The fraction of sp³-hybridized carbons (Fsp3) is 0.417. The number of carbonyl (C=O) groups excluding carboxylic acids is 2. The van der Waals surface area contributed by atoms with Gasteiger partial charge in [-0.05, 0) is 55.5 Å². The van der Waals surface area contributed by atoms with Gasteiger partial charge in [0.15, 0.2) is 6.10 Å². The topological polar surface area (TPSA) is 84.0 Å². The summed E-state index contributed by atoms with van der Waals surface area (Å²) in [5.41, 5.74) is 2.22. The van der Waals surface area contributed by atoms with E-state index in [1.165, 1.54) is 35.0 Å². The summed E-state index contributed by atoms with van der Waals surface area (Å²) < 4.78 is 32.8. The number of benzene rings is 2. The zero-order chi connectivity index (χ0) is 23.6. The van der Waals surface area contributed by atoms with Gasteiger partial charge >= 0.3 is 5.97 Å². The number of hydrogen-bond acceptors (Lipinski definition) is 5. The molecule has 1 fully saturated rings. The van der Waals surface area contributed by atoms with Gasteiger partial charge in [-0.2, -0.15) is 4.31 Å². The summed E-state index contributed by atoms with van der Waals surface area (Å²) >= 11 is 6.19. The fourth-order valence-electron chi connectivity index (χ4n) is 4.29. The third-order valence-corrected chi connectivity index (χ3v) is 8.41. The molecule has 33 heavy (non-hydrogen) atoms. The molecule has 2 heterocycles. The molecular formula is C24H27ClN2O5S. The molecule has 2 aliphatic heterocycles. The number of ether oxygens (including phenoxy) is 1.